The van der Waals surface area contributed by atoms with E-state index in [9.17, 15) is 0 Å². The molecular formula is C18H20N4OS. The zero-order chi connectivity index (χ0) is 17.1. The number of rotatable bonds is 5. The quantitative estimate of drug-likeness (QED) is 0.660. The van der Waals surface area contributed by atoms with Gasteiger partial charge in [0.2, 0.25) is 5.16 Å². The van der Waals surface area contributed by atoms with Crippen LogP contribution in [0.5, 0.6) is 5.75 Å². The number of nitrogens with zero attached hydrogens (tertiary/aromatic N) is 4. The van der Waals surface area contributed by atoms with E-state index in [0.29, 0.717) is 0 Å². The van der Waals surface area contributed by atoms with Crippen molar-refractivity contribution in [2.45, 2.75) is 31.7 Å². The summed E-state index contributed by atoms with van der Waals surface area (Å²) < 4.78 is 7.27. The highest BCUT2D eigenvalue weighted by Gasteiger charge is 2.14. The largest absolute Gasteiger partial charge is 0.496 e. The number of tetrazole rings is 1. The molecule has 24 heavy (non-hydrogen) atoms. The first-order valence-electron chi connectivity index (χ1n) is 7.71. The molecule has 0 aliphatic heterocycles. The van der Waals surface area contributed by atoms with E-state index in [4.69, 9.17) is 4.74 Å². The fraction of sp³-hybridized carbons (Fsp3) is 0.278. The summed E-state index contributed by atoms with van der Waals surface area (Å²) in [6.07, 6.45) is 0. The average Bonchev–Trinajstić information content (AvgIpc) is 3.01. The number of para-hydroxylation sites is 1. The predicted molar refractivity (Wildman–Crippen MR) is 95.9 cm³/mol. The van der Waals surface area contributed by atoms with Crippen molar-refractivity contribution in [3.8, 4) is 11.4 Å². The molecule has 0 fully saturated rings. The summed E-state index contributed by atoms with van der Waals surface area (Å²) in [6, 6.07) is 12.4. The van der Waals surface area contributed by atoms with Crippen LogP contribution in [0.2, 0.25) is 0 Å². The molecule has 0 aliphatic rings. The van der Waals surface area contributed by atoms with Crippen molar-refractivity contribution in [2.75, 3.05) is 7.11 Å². The summed E-state index contributed by atoms with van der Waals surface area (Å²) in [5.74, 6) is 1.63. The van der Waals surface area contributed by atoms with Crippen LogP contribution in [0.4, 0.5) is 0 Å². The second kappa shape index (κ2) is 7.05. The van der Waals surface area contributed by atoms with Crippen molar-refractivity contribution < 1.29 is 4.74 Å². The van der Waals surface area contributed by atoms with E-state index < -0.39 is 0 Å². The van der Waals surface area contributed by atoms with Crippen LogP contribution >= 0.6 is 11.8 Å². The van der Waals surface area contributed by atoms with E-state index >= 15 is 0 Å². The minimum Gasteiger partial charge on any atom is -0.496 e. The topological polar surface area (TPSA) is 52.8 Å². The van der Waals surface area contributed by atoms with Gasteiger partial charge in [0.05, 0.1) is 12.8 Å². The summed E-state index contributed by atoms with van der Waals surface area (Å²) in [5.41, 5.74) is 5.69. The molecule has 124 valence electrons. The molecule has 6 heteroatoms. The lowest BCUT2D eigenvalue weighted by Gasteiger charge is -2.11. The molecule has 0 saturated heterocycles. The van der Waals surface area contributed by atoms with Crippen molar-refractivity contribution in [3.63, 3.8) is 0 Å². The predicted octanol–water partition coefficient (Wildman–Crippen LogP) is 3.89. The van der Waals surface area contributed by atoms with Gasteiger partial charge in [-0.15, -0.1) is 5.10 Å². The zero-order valence-corrected chi connectivity index (χ0v) is 15.1. The summed E-state index contributed by atoms with van der Waals surface area (Å²) in [4.78, 5) is 0. The highest BCUT2D eigenvalue weighted by Crippen LogP contribution is 2.29. The van der Waals surface area contributed by atoms with Crippen LogP contribution in [0.1, 0.15) is 22.3 Å². The fourth-order valence-corrected chi connectivity index (χ4v) is 3.57. The third-order valence-electron chi connectivity index (χ3n) is 3.88. The van der Waals surface area contributed by atoms with Gasteiger partial charge in [0.15, 0.2) is 0 Å². The maximum atomic E-state index is 5.45. The Kier molecular flexibility index (Phi) is 4.85. The Hall–Kier alpha value is -2.34. The standard InChI is InChI=1S/C18H20N4OS/c1-12-8-9-16(23-4)15(10-12)11-24-18-19-20-21-22(18)17-13(2)6-5-7-14(17)3/h5-10H,11H2,1-4H3. The number of aromatic nitrogens is 4. The van der Waals surface area contributed by atoms with E-state index in [1.807, 2.05) is 22.9 Å². The molecule has 0 unspecified atom stereocenters. The molecule has 0 saturated carbocycles. The SMILES string of the molecule is COc1ccc(C)cc1CSc1nnnn1-c1c(C)cccc1C. The summed E-state index contributed by atoms with van der Waals surface area (Å²) in [6.45, 7) is 6.22. The molecule has 0 radical (unpaired) electrons. The normalized spacial score (nSPS) is 10.8. The van der Waals surface area contributed by atoms with Crippen LogP contribution in [0.3, 0.4) is 0 Å². The van der Waals surface area contributed by atoms with Gasteiger partial charge in [0, 0.05) is 11.3 Å². The molecule has 0 N–H and O–H groups in total. The molecule has 2 aromatic carbocycles. The van der Waals surface area contributed by atoms with Crippen molar-refractivity contribution in [1.82, 2.24) is 20.2 Å². The van der Waals surface area contributed by atoms with Gasteiger partial charge in [-0.25, -0.2) is 0 Å². The number of methoxy groups -OCH3 is 1. The number of hydrogen-bond acceptors (Lipinski definition) is 5. The van der Waals surface area contributed by atoms with Crippen LogP contribution in [-0.2, 0) is 5.75 Å². The Morgan fingerprint density at radius 1 is 1.08 bits per heavy atom. The minimum absolute atomic E-state index is 0.746. The van der Waals surface area contributed by atoms with Crippen molar-refractivity contribution in [3.05, 3.63) is 58.7 Å². The number of ether oxygens (including phenoxy) is 1. The van der Waals surface area contributed by atoms with E-state index in [2.05, 4.69) is 54.5 Å². The molecule has 0 atom stereocenters. The third kappa shape index (κ3) is 3.28. The average molecular weight is 340 g/mol. The van der Waals surface area contributed by atoms with E-state index in [-0.39, 0.29) is 0 Å². The van der Waals surface area contributed by atoms with Crippen molar-refractivity contribution >= 4 is 11.8 Å². The number of aryl methyl sites for hydroxylation is 3. The van der Waals surface area contributed by atoms with Gasteiger partial charge in [0.1, 0.15) is 5.75 Å². The molecular weight excluding hydrogens is 320 g/mol. The Bertz CT molecular complexity index is 840. The van der Waals surface area contributed by atoms with Gasteiger partial charge in [-0.3, -0.25) is 0 Å². The van der Waals surface area contributed by atoms with Gasteiger partial charge in [-0.05, 0) is 48.4 Å². The molecule has 1 aromatic heterocycles. The number of hydrogen-bond donors (Lipinski definition) is 0. The van der Waals surface area contributed by atoms with Gasteiger partial charge in [-0.2, -0.15) is 4.68 Å². The summed E-state index contributed by atoms with van der Waals surface area (Å²) in [7, 11) is 1.69. The smallest absolute Gasteiger partial charge is 0.214 e. The Morgan fingerprint density at radius 2 is 1.83 bits per heavy atom. The Labute approximate surface area is 146 Å². The molecule has 5 nitrogen and oxygen atoms in total. The first-order chi connectivity index (χ1) is 11.6. The molecule has 0 aliphatic carbocycles. The molecule has 3 aromatic rings. The van der Waals surface area contributed by atoms with Gasteiger partial charge < -0.3 is 4.74 Å². The van der Waals surface area contributed by atoms with Crippen LogP contribution in [0.25, 0.3) is 5.69 Å². The molecule has 0 amide bonds. The lowest BCUT2D eigenvalue weighted by atomic mass is 10.1. The summed E-state index contributed by atoms with van der Waals surface area (Å²) >= 11 is 1.60. The summed E-state index contributed by atoms with van der Waals surface area (Å²) in [5, 5.41) is 13.0. The Balaban J connectivity index is 1.89. The minimum atomic E-state index is 0.746. The van der Waals surface area contributed by atoms with Crippen molar-refractivity contribution in [1.29, 1.82) is 0 Å². The molecule has 3 rings (SSSR count). The third-order valence-corrected chi connectivity index (χ3v) is 4.85. The zero-order valence-electron chi connectivity index (χ0n) is 14.3. The highest BCUT2D eigenvalue weighted by molar-refractivity contribution is 7.98. The number of benzene rings is 2. The maximum absolute atomic E-state index is 5.45. The second-order valence-electron chi connectivity index (χ2n) is 5.72. The first-order valence-corrected chi connectivity index (χ1v) is 8.70. The van der Waals surface area contributed by atoms with Gasteiger partial charge in [0.25, 0.3) is 0 Å². The second-order valence-corrected chi connectivity index (χ2v) is 6.66. The lowest BCUT2D eigenvalue weighted by Crippen LogP contribution is -2.04. The van der Waals surface area contributed by atoms with Crippen LogP contribution in [-0.4, -0.2) is 27.3 Å². The van der Waals surface area contributed by atoms with Gasteiger partial charge in [-0.1, -0.05) is 47.7 Å². The number of thioether (sulfide) groups is 1. The maximum Gasteiger partial charge on any atom is 0.214 e. The van der Waals surface area contributed by atoms with E-state index in [0.717, 1.165) is 39.0 Å². The monoisotopic (exact) mass is 340 g/mol. The van der Waals surface area contributed by atoms with E-state index in [1.54, 1.807) is 18.9 Å². The molecule has 1 heterocycles. The molecule has 0 bridgehead atoms. The first kappa shape index (κ1) is 16.5. The highest BCUT2D eigenvalue weighted by atomic mass is 32.2. The lowest BCUT2D eigenvalue weighted by molar-refractivity contribution is 0.411. The van der Waals surface area contributed by atoms with Crippen molar-refractivity contribution in [2.24, 2.45) is 0 Å². The molecule has 0 spiro atoms. The Morgan fingerprint density at radius 3 is 2.54 bits per heavy atom. The van der Waals surface area contributed by atoms with Gasteiger partial charge >= 0.3 is 0 Å². The fourth-order valence-electron chi connectivity index (χ4n) is 2.71. The van der Waals surface area contributed by atoms with Crippen LogP contribution in [0.15, 0.2) is 41.6 Å². The van der Waals surface area contributed by atoms with E-state index in [1.165, 1.54) is 5.56 Å². The van der Waals surface area contributed by atoms with Crippen LogP contribution < -0.4 is 4.74 Å². The van der Waals surface area contributed by atoms with Crippen LogP contribution in [0, 0.1) is 20.8 Å².